The van der Waals surface area contributed by atoms with Crippen LogP contribution in [0.3, 0.4) is 0 Å². The van der Waals surface area contributed by atoms with Gasteiger partial charge in [-0.3, -0.25) is 0 Å². The lowest BCUT2D eigenvalue weighted by atomic mass is 10.1. The molecule has 2 unspecified atom stereocenters. The molecular formula is C13H20FNO. The van der Waals surface area contributed by atoms with Crippen LogP contribution < -0.4 is 5.32 Å². The van der Waals surface area contributed by atoms with Gasteiger partial charge in [-0.05, 0) is 50.9 Å². The number of hydrogen-bond donors (Lipinski definition) is 2. The zero-order chi connectivity index (χ0) is 12.1. The molecule has 90 valence electrons. The smallest absolute Gasteiger partial charge is 0.126 e. The quantitative estimate of drug-likeness (QED) is 0.807. The number of halogens is 1. The second-order valence-corrected chi connectivity index (χ2v) is 4.32. The van der Waals surface area contributed by atoms with Crippen molar-refractivity contribution in [2.75, 3.05) is 6.54 Å². The molecule has 2 atom stereocenters. The Morgan fingerprint density at radius 2 is 2.06 bits per heavy atom. The van der Waals surface area contributed by atoms with Gasteiger partial charge in [0.15, 0.2) is 0 Å². The molecule has 0 aliphatic carbocycles. The van der Waals surface area contributed by atoms with Gasteiger partial charge in [-0.1, -0.05) is 12.1 Å². The highest BCUT2D eigenvalue weighted by Crippen LogP contribution is 2.16. The maximum absolute atomic E-state index is 13.3. The van der Waals surface area contributed by atoms with E-state index in [9.17, 15) is 4.39 Å². The van der Waals surface area contributed by atoms with Crippen molar-refractivity contribution in [3.63, 3.8) is 0 Å². The molecule has 0 bridgehead atoms. The van der Waals surface area contributed by atoms with E-state index < -0.39 is 0 Å². The molecule has 2 nitrogen and oxygen atoms in total. The Labute approximate surface area is 96.5 Å². The average molecular weight is 225 g/mol. The van der Waals surface area contributed by atoms with Crippen LogP contribution in [0.1, 0.15) is 37.4 Å². The van der Waals surface area contributed by atoms with Gasteiger partial charge in [0, 0.05) is 6.04 Å². The van der Waals surface area contributed by atoms with E-state index in [2.05, 4.69) is 5.32 Å². The molecule has 0 aromatic heterocycles. The van der Waals surface area contributed by atoms with Crippen LogP contribution in [-0.4, -0.2) is 17.8 Å². The van der Waals surface area contributed by atoms with Gasteiger partial charge in [0.05, 0.1) is 6.10 Å². The monoisotopic (exact) mass is 225 g/mol. The predicted molar refractivity (Wildman–Crippen MR) is 63.9 cm³/mol. The first-order valence-electron chi connectivity index (χ1n) is 5.68. The first-order valence-corrected chi connectivity index (χ1v) is 5.68. The zero-order valence-electron chi connectivity index (χ0n) is 10.1. The third-order valence-corrected chi connectivity index (χ3v) is 2.71. The summed E-state index contributed by atoms with van der Waals surface area (Å²) in [5.41, 5.74) is 1.61. The van der Waals surface area contributed by atoms with Crippen molar-refractivity contribution in [3.05, 3.63) is 35.1 Å². The Kier molecular flexibility index (Phi) is 4.90. The fourth-order valence-corrected chi connectivity index (χ4v) is 1.51. The van der Waals surface area contributed by atoms with Gasteiger partial charge in [-0.15, -0.1) is 0 Å². The lowest BCUT2D eigenvalue weighted by molar-refractivity contribution is 0.182. The summed E-state index contributed by atoms with van der Waals surface area (Å²) < 4.78 is 13.3. The summed E-state index contributed by atoms with van der Waals surface area (Å²) >= 11 is 0. The Morgan fingerprint density at radius 3 is 2.62 bits per heavy atom. The van der Waals surface area contributed by atoms with E-state index in [1.165, 1.54) is 0 Å². The minimum atomic E-state index is -0.297. The molecule has 1 rings (SSSR count). The predicted octanol–water partition coefficient (Wildman–Crippen LogP) is 2.56. The highest BCUT2D eigenvalue weighted by atomic mass is 19.1. The highest BCUT2D eigenvalue weighted by molar-refractivity contribution is 5.25. The summed E-state index contributed by atoms with van der Waals surface area (Å²) in [7, 11) is 0. The summed E-state index contributed by atoms with van der Waals surface area (Å²) in [6, 6.07) is 5.39. The summed E-state index contributed by atoms with van der Waals surface area (Å²) in [6.45, 7) is 6.24. The molecule has 0 fully saturated rings. The van der Waals surface area contributed by atoms with Crippen molar-refractivity contribution in [3.8, 4) is 0 Å². The molecule has 0 heterocycles. The molecule has 0 aliphatic heterocycles. The molecule has 0 aliphatic rings. The molecule has 0 amide bonds. The molecule has 1 aromatic rings. The van der Waals surface area contributed by atoms with Gasteiger partial charge in [-0.25, -0.2) is 4.39 Å². The van der Waals surface area contributed by atoms with Crippen LogP contribution in [-0.2, 0) is 0 Å². The van der Waals surface area contributed by atoms with E-state index in [0.29, 0.717) is 12.0 Å². The number of aryl methyl sites for hydroxylation is 1. The van der Waals surface area contributed by atoms with Crippen LogP contribution in [0.15, 0.2) is 18.2 Å². The maximum Gasteiger partial charge on any atom is 0.126 e. The number of rotatable bonds is 5. The van der Waals surface area contributed by atoms with E-state index in [1.54, 1.807) is 26.0 Å². The SMILES string of the molecule is Cc1ccc(C(C)NCCC(C)O)cc1F. The van der Waals surface area contributed by atoms with Gasteiger partial charge in [-0.2, -0.15) is 0 Å². The minimum absolute atomic E-state index is 0.105. The third-order valence-electron chi connectivity index (χ3n) is 2.71. The van der Waals surface area contributed by atoms with E-state index in [0.717, 1.165) is 12.1 Å². The third kappa shape index (κ3) is 3.91. The van der Waals surface area contributed by atoms with E-state index in [-0.39, 0.29) is 18.0 Å². The summed E-state index contributed by atoms with van der Waals surface area (Å²) in [5, 5.41) is 12.4. The summed E-state index contributed by atoms with van der Waals surface area (Å²) in [6.07, 6.45) is 0.410. The standard InChI is InChI=1S/C13H20FNO/c1-9-4-5-12(8-13(9)14)11(3)15-7-6-10(2)16/h4-5,8,10-11,15-16H,6-7H2,1-3H3. The number of nitrogens with one attached hydrogen (secondary N) is 1. The Balaban J connectivity index is 2.52. The normalized spacial score (nSPS) is 14.8. The second-order valence-electron chi connectivity index (χ2n) is 4.32. The Hall–Kier alpha value is -0.930. The van der Waals surface area contributed by atoms with Gasteiger partial charge < -0.3 is 10.4 Å². The fraction of sp³-hybridized carbons (Fsp3) is 0.538. The zero-order valence-corrected chi connectivity index (χ0v) is 10.1. The van der Waals surface area contributed by atoms with Crippen LogP contribution in [0.25, 0.3) is 0 Å². The average Bonchev–Trinajstić information content (AvgIpc) is 2.21. The lowest BCUT2D eigenvalue weighted by Crippen LogP contribution is -2.22. The van der Waals surface area contributed by atoms with Crippen molar-refractivity contribution < 1.29 is 9.50 Å². The van der Waals surface area contributed by atoms with Crippen LogP contribution in [0.5, 0.6) is 0 Å². The molecule has 1 aromatic carbocycles. The summed E-state index contributed by atoms with van der Waals surface area (Å²) in [5.74, 6) is -0.165. The molecule has 2 N–H and O–H groups in total. The molecule has 0 radical (unpaired) electrons. The van der Waals surface area contributed by atoms with Gasteiger partial charge in [0.1, 0.15) is 5.82 Å². The number of benzene rings is 1. The number of aliphatic hydroxyl groups is 1. The number of aliphatic hydroxyl groups excluding tert-OH is 1. The topological polar surface area (TPSA) is 32.3 Å². The molecule has 0 saturated carbocycles. The fourth-order valence-electron chi connectivity index (χ4n) is 1.51. The van der Waals surface area contributed by atoms with Crippen LogP contribution >= 0.6 is 0 Å². The van der Waals surface area contributed by atoms with Crippen molar-refractivity contribution in [2.45, 2.75) is 39.3 Å². The lowest BCUT2D eigenvalue weighted by Gasteiger charge is -2.15. The van der Waals surface area contributed by atoms with E-state index in [1.807, 2.05) is 13.0 Å². The molecule has 3 heteroatoms. The van der Waals surface area contributed by atoms with E-state index in [4.69, 9.17) is 5.11 Å². The highest BCUT2D eigenvalue weighted by Gasteiger charge is 2.07. The van der Waals surface area contributed by atoms with Crippen LogP contribution in [0.2, 0.25) is 0 Å². The van der Waals surface area contributed by atoms with Crippen LogP contribution in [0, 0.1) is 12.7 Å². The molecule has 16 heavy (non-hydrogen) atoms. The summed E-state index contributed by atoms with van der Waals surface area (Å²) in [4.78, 5) is 0. The van der Waals surface area contributed by atoms with Crippen molar-refractivity contribution in [2.24, 2.45) is 0 Å². The maximum atomic E-state index is 13.3. The second kappa shape index (κ2) is 5.97. The van der Waals surface area contributed by atoms with Crippen molar-refractivity contribution in [1.82, 2.24) is 5.32 Å². The van der Waals surface area contributed by atoms with Gasteiger partial charge >= 0.3 is 0 Å². The Bertz CT molecular complexity index is 339. The minimum Gasteiger partial charge on any atom is -0.393 e. The van der Waals surface area contributed by atoms with Crippen LogP contribution in [0.4, 0.5) is 4.39 Å². The molecular weight excluding hydrogens is 205 g/mol. The largest absolute Gasteiger partial charge is 0.393 e. The van der Waals surface area contributed by atoms with Crippen molar-refractivity contribution in [1.29, 1.82) is 0 Å². The van der Waals surface area contributed by atoms with Crippen molar-refractivity contribution >= 4 is 0 Å². The first kappa shape index (κ1) is 13.1. The molecule has 0 saturated heterocycles. The Morgan fingerprint density at radius 1 is 1.38 bits per heavy atom. The molecule has 0 spiro atoms. The number of hydrogen-bond acceptors (Lipinski definition) is 2. The van der Waals surface area contributed by atoms with Gasteiger partial charge in [0.25, 0.3) is 0 Å². The van der Waals surface area contributed by atoms with Gasteiger partial charge in [0.2, 0.25) is 0 Å². The first-order chi connectivity index (χ1) is 7.50. The van der Waals surface area contributed by atoms with E-state index >= 15 is 0 Å².